The Hall–Kier alpha value is -2.18. The fourth-order valence-corrected chi connectivity index (χ4v) is 3.09. The van der Waals surface area contributed by atoms with Gasteiger partial charge in [-0.3, -0.25) is 4.79 Å². The summed E-state index contributed by atoms with van der Waals surface area (Å²) in [6.45, 7) is 4.53. The summed E-state index contributed by atoms with van der Waals surface area (Å²) in [5.74, 6) is 1.05. The van der Waals surface area contributed by atoms with Crippen LogP contribution in [0, 0.1) is 5.92 Å². The van der Waals surface area contributed by atoms with E-state index in [1.165, 1.54) is 0 Å². The SMILES string of the molecule is COCCN1CC[C@@H](CNC(=O)Cc2coc(-c3ccccc3)n2)C1. The Kier molecular flexibility index (Phi) is 6.19. The predicted molar refractivity (Wildman–Crippen MR) is 95.1 cm³/mol. The van der Waals surface area contributed by atoms with E-state index >= 15 is 0 Å². The van der Waals surface area contributed by atoms with Crippen molar-refractivity contribution in [3.63, 3.8) is 0 Å². The molecule has 0 saturated carbocycles. The van der Waals surface area contributed by atoms with Crippen molar-refractivity contribution in [2.24, 2.45) is 5.92 Å². The average molecular weight is 343 g/mol. The molecular weight excluding hydrogens is 318 g/mol. The third-order valence-electron chi connectivity index (χ3n) is 4.48. The molecule has 2 aromatic rings. The van der Waals surface area contributed by atoms with Gasteiger partial charge in [0.15, 0.2) is 0 Å². The highest BCUT2D eigenvalue weighted by Crippen LogP contribution is 2.18. The third-order valence-corrected chi connectivity index (χ3v) is 4.48. The van der Waals surface area contributed by atoms with Gasteiger partial charge in [0.05, 0.1) is 18.7 Å². The third kappa shape index (κ3) is 5.14. The number of likely N-dealkylation sites (tertiary alicyclic amines) is 1. The Morgan fingerprint density at radius 1 is 1.40 bits per heavy atom. The van der Waals surface area contributed by atoms with Crippen molar-refractivity contribution < 1.29 is 13.9 Å². The van der Waals surface area contributed by atoms with Gasteiger partial charge in [-0.25, -0.2) is 4.98 Å². The molecule has 0 radical (unpaired) electrons. The molecule has 0 spiro atoms. The lowest BCUT2D eigenvalue weighted by atomic mass is 10.1. The van der Waals surface area contributed by atoms with Crippen molar-refractivity contribution in [1.29, 1.82) is 0 Å². The van der Waals surface area contributed by atoms with Gasteiger partial charge >= 0.3 is 0 Å². The van der Waals surface area contributed by atoms with Gasteiger partial charge in [-0.2, -0.15) is 0 Å². The van der Waals surface area contributed by atoms with Crippen molar-refractivity contribution in [2.75, 3.05) is 39.9 Å². The number of carbonyl (C=O) groups is 1. The number of rotatable bonds is 8. The Bertz CT molecular complexity index is 672. The van der Waals surface area contributed by atoms with E-state index in [1.54, 1.807) is 13.4 Å². The average Bonchev–Trinajstić information content (AvgIpc) is 3.28. The van der Waals surface area contributed by atoms with Crippen molar-refractivity contribution in [3.05, 3.63) is 42.3 Å². The van der Waals surface area contributed by atoms with Gasteiger partial charge in [0.1, 0.15) is 6.26 Å². The molecule has 134 valence electrons. The molecular formula is C19H25N3O3. The largest absolute Gasteiger partial charge is 0.444 e. The van der Waals surface area contributed by atoms with E-state index in [1.807, 2.05) is 30.3 Å². The number of hydrogen-bond donors (Lipinski definition) is 1. The maximum Gasteiger partial charge on any atom is 0.226 e. The van der Waals surface area contributed by atoms with Crippen LogP contribution in [0.25, 0.3) is 11.5 Å². The molecule has 1 aliphatic heterocycles. The van der Waals surface area contributed by atoms with Gasteiger partial charge in [-0.05, 0) is 31.0 Å². The summed E-state index contributed by atoms with van der Waals surface area (Å²) in [5, 5.41) is 3.02. The molecule has 1 aliphatic rings. The summed E-state index contributed by atoms with van der Waals surface area (Å²) in [5.41, 5.74) is 1.57. The number of methoxy groups -OCH3 is 1. The minimum atomic E-state index is -0.0109. The van der Waals surface area contributed by atoms with E-state index in [9.17, 15) is 4.79 Å². The lowest BCUT2D eigenvalue weighted by Gasteiger charge is -2.15. The molecule has 1 atom stereocenters. The molecule has 6 heteroatoms. The van der Waals surface area contributed by atoms with Crippen LogP contribution in [0.3, 0.4) is 0 Å². The Morgan fingerprint density at radius 3 is 3.04 bits per heavy atom. The van der Waals surface area contributed by atoms with Gasteiger partial charge in [0.25, 0.3) is 0 Å². The summed E-state index contributed by atoms with van der Waals surface area (Å²) < 4.78 is 10.6. The summed E-state index contributed by atoms with van der Waals surface area (Å²) in [7, 11) is 1.72. The van der Waals surface area contributed by atoms with Gasteiger partial charge in [-0.1, -0.05) is 18.2 Å². The van der Waals surface area contributed by atoms with Crippen molar-refractivity contribution in [2.45, 2.75) is 12.8 Å². The lowest BCUT2D eigenvalue weighted by Crippen LogP contribution is -2.32. The molecule has 0 bridgehead atoms. The zero-order valence-corrected chi connectivity index (χ0v) is 14.6. The Balaban J connectivity index is 1.42. The standard InChI is InChI=1S/C19H25N3O3/c1-24-10-9-22-8-7-15(13-22)12-20-18(23)11-17-14-25-19(21-17)16-5-3-2-4-6-16/h2-6,14-15H,7-13H2,1H3,(H,20,23)/t15-/m0/s1. The second-order valence-corrected chi connectivity index (χ2v) is 6.44. The molecule has 1 fully saturated rings. The van der Waals surface area contributed by atoms with Crippen LogP contribution < -0.4 is 5.32 Å². The first kappa shape index (κ1) is 17.6. The van der Waals surface area contributed by atoms with E-state index < -0.39 is 0 Å². The maximum atomic E-state index is 12.1. The highest BCUT2D eigenvalue weighted by atomic mass is 16.5. The van der Waals surface area contributed by atoms with Crippen molar-refractivity contribution >= 4 is 5.91 Å². The first-order valence-corrected chi connectivity index (χ1v) is 8.72. The molecule has 1 aromatic carbocycles. The van der Waals surface area contributed by atoms with Gasteiger partial charge in [-0.15, -0.1) is 0 Å². The zero-order valence-electron chi connectivity index (χ0n) is 14.6. The van der Waals surface area contributed by atoms with Gasteiger partial charge < -0.3 is 19.4 Å². The van der Waals surface area contributed by atoms with E-state index in [-0.39, 0.29) is 12.3 Å². The monoisotopic (exact) mass is 343 g/mol. The highest BCUT2D eigenvalue weighted by Gasteiger charge is 2.22. The molecule has 2 heterocycles. The lowest BCUT2D eigenvalue weighted by molar-refractivity contribution is -0.120. The van der Waals surface area contributed by atoms with Crippen LogP contribution in [-0.2, 0) is 16.0 Å². The first-order valence-electron chi connectivity index (χ1n) is 8.72. The molecule has 1 amide bonds. The fourth-order valence-electron chi connectivity index (χ4n) is 3.09. The van der Waals surface area contributed by atoms with Crippen molar-refractivity contribution in [3.8, 4) is 11.5 Å². The second kappa shape index (κ2) is 8.78. The maximum absolute atomic E-state index is 12.1. The van der Waals surface area contributed by atoms with E-state index in [0.29, 0.717) is 24.0 Å². The molecule has 25 heavy (non-hydrogen) atoms. The van der Waals surface area contributed by atoms with Gasteiger partial charge in [0.2, 0.25) is 11.8 Å². The van der Waals surface area contributed by atoms with Crippen LogP contribution in [0.1, 0.15) is 12.1 Å². The van der Waals surface area contributed by atoms with E-state index in [0.717, 1.165) is 38.2 Å². The Labute approximate surface area is 148 Å². The number of nitrogens with zero attached hydrogens (tertiary/aromatic N) is 2. The zero-order chi connectivity index (χ0) is 17.5. The molecule has 0 aliphatic carbocycles. The molecule has 3 rings (SSSR count). The number of nitrogens with one attached hydrogen (secondary N) is 1. The summed E-state index contributed by atoms with van der Waals surface area (Å²) in [6, 6.07) is 9.68. The van der Waals surface area contributed by atoms with Crippen LogP contribution in [0.2, 0.25) is 0 Å². The Morgan fingerprint density at radius 2 is 2.24 bits per heavy atom. The second-order valence-electron chi connectivity index (χ2n) is 6.44. The number of hydrogen-bond acceptors (Lipinski definition) is 5. The summed E-state index contributed by atoms with van der Waals surface area (Å²) in [4.78, 5) is 18.9. The first-order chi connectivity index (χ1) is 12.2. The topological polar surface area (TPSA) is 67.6 Å². The molecule has 1 saturated heterocycles. The fraction of sp³-hybridized carbons (Fsp3) is 0.474. The van der Waals surface area contributed by atoms with Gasteiger partial charge in [0, 0.05) is 32.3 Å². The number of amides is 1. The van der Waals surface area contributed by atoms with Crippen LogP contribution in [-0.4, -0.2) is 55.7 Å². The number of carbonyl (C=O) groups excluding carboxylic acids is 1. The highest BCUT2D eigenvalue weighted by molar-refractivity contribution is 5.78. The molecule has 1 aromatic heterocycles. The normalized spacial score (nSPS) is 17.7. The van der Waals surface area contributed by atoms with Crippen LogP contribution in [0.5, 0.6) is 0 Å². The molecule has 1 N–H and O–H groups in total. The van der Waals surface area contributed by atoms with Crippen LogP contribution >= 0.6 is 0 Å². The summed E-state index contributed by atoms with van der Waals surface area (Å²) >= 11 is 0. The number of benzene rings is 1. The minimum Gasteiger partial charge on any atom is -0.444 e. The van der Waals surface area contributed by atoms with Crippen LogP contribution in [0.15, 0.2) is 41.0 Å². The molecule has 0 unspecified atom stereocenters. The predicted octanol–water partition coefficient (Wildman–Crippen LogP) is 1.97. The number of oxazole rings is 1. The number of ether oxygens (including phenoxy) is 1. The van der Waals surface area contributed by atoms with Crippen molar-refractivity contribution in [1.82, 2.24) is 15.2 Å². The van der Waals surface area contributed by atoms with E-state index in [4.69, 9.17) is 9.15 Å². The quantitative estimate of drug-likeness (QED) is 0.794. The number of aromatic nitrogens is 1. The van der Waals surface area contributed by atoms with Crippen LogP contribution in [0.4, 0.5) is 0 Å². The smallest absolute Gasteiger partial charge is 0.226 e. The summed E-state index contributed by atoms with van der Waals surface area (Å²) in [6.07, 6.45) is 2.92. The minimum absolute atomic E-state index is 0.0109. The van der Waals surface area contributed by atoms with E-state index in [2.05, 4.69) is 15.2 Å². The molecule has 6 nitrogen and oxygen atoms in total.